The van der Waals surface area contributed by atoms with E-state index in [4.69, 9.17) is 4.74 Å². The number of likely N-dealkylation sites (tertiary alicyclic amines) is 1. The lowest BCUT2D eigenvalue weighted by atomic mass is 10.1. The minimum absolute atomic E-state index is 0.0811. The van der Waals surface area contributed by atoms with E-state index >= 15 is 0 Å². The van der Waals surface area contributed by atoms with Gasteiger partial charge >= 0.3 is 5.97 Å². The van der Waals surface area contributed by atoms with Gasteiger partial charge in [-0.25, -0.2) is 0 Å². The molecule has 1 aliphatic heterocycles. The van der Waals surface area contributed by atoms with Crippen LogP contribution in [0.25, 0.3) is 0 Å². The number of esters is 1. The second kappa shape index (κ2) is 8.69. The van der Waals surface area contributed by atoms with E-state index in [0.29, 0.717) is 12.2 Å². The zero-order valence-corrected chi connectivity index (χ0v) is 16.1. The van der Waals surface area contributed by atoms with E-state index in [9.17, 15) is 14.4 Å². The van der Waals surface area contributed by atoms with Gasteiger partial charge in [-0.3, -0.25) is 14.4 Å². The van der Waals surface area contributed by atoms with E-state index in [-0.39, 0.29) is 25.0 Å². The fraction of sp³-hybridized carbons (Fsp3) is 0.318. The van der Waals surface area contributed by atoms with Gasteiger partial charge < -0.3 is 15.0 Å². The van der Waals surface area contributed by atoms with Crippen LogP contribution in [0.2, 0.25) is 0 Å². The molecular weight excluding hydrogens is 356 g/mol. The molecule has 2 aromatic rings. The molecule has 28 heavy (non-hydrogen) atoms. The first kappa shape index (κ1) is 19.6. The average molecular weight is 380 g/mol. The third kappa shape index (κ3) is 4.76. The van der Waals surface area contributed by atoms with Crippen LogP contribution in [0.1, 0.15) is 30.5 Å². The smallest absolute Gasteiger partial charge is 0.311 e. The third-order valence-corrected chi connectivity index (χ3v) is 4.92. The van der Waals surface area contributed by atoms with Gasteiger partial charge in [-0.15, -0.1) is 0 Å². The number of nitrogens with one attached hydrogen (secondary N) is 1. The molecule has 6 nitrogen and oxygen atoms in total. The van der Waals surface area contributed by atoms with Crippen molar-refractivity contribution < 1.29 is 19.1 Å². The number of aryl methyl sites for hydroxylation is 1. The molecule has 2 atom stereocenters. The van der Waals surface area contributed by atoms with Gasteiger partial charge in [0.05, 0.1) is 12.0 Å². The van der Waals surface area contributed by atoms with Crippen LogP contribution in [0.15, 0.2) is 54.6 Å². The largest absolute Gasteiger partial charge is 0.455 e. The van der Waals surface area contributed by atoms with E-state index in [1.807, 2.05) is 56.3 Å². The Balaban J connectivity index is 1.50. The van der Waals surface area contributed by atoms with Crippen molar-refractivity contribution in [1.82, 2.24) is 4.90 Å². The summed E-state index contributed by atoms with van der Waals surface area (Å²) in [6.45, 7) is 3.83. The Morgan fingerprint density at radius 3 is 2.50 bits per heavy atom. The van der Waals surface area contributed by atoms with E-state index in [1.54, 1.807) is 17.0 Å². The lowest BCUT2D eigenvalue weighted by Gasteiger charge is -2.25. The molecule has 1 aliphatic rings. The normalized spacial score (nSPS) is 17.3. The zero-order valence-electron chi connectivity index (χ0n) is 16.1. The average Bonchev–Trinajstić information content (AvgIpc) is 3.10. The van der Waals surface area contributed by atoms with Gasteiger partial charge in [0.15, 0.2) is 6.61 Å². The fourth-order valence-electron chi connectivity index (χ4n) is 3.26. The molecule has 1 N–H and O–H groups in total. The summed E-state index contributed by atoms with van der Waals surface area (Å²) < 4.78 is 5.14. The molecule has 1 heterocycles. The van der Waals surface area contributed by atoms with Crippen LogP contribution in [0.3, 0.4) is 0 Å². The summed E-state index contributed by atoms with van der Waals surface area (Å²) >= 11 is 0. The van der Waals surface area contributed by atoms with Crippen LogP contribution < -0.4 is 5.32 Å². The molecule has 0 aliphatic carbocycles. The van der Waals surface area contributed by atoms with Gasteiger partial charge in [0.25, 0.3) is 5.91 Å². The van der Waals surface area contributed by atoms with Crippen LogP contribution in [0.5, 0.6) is 0 Å². The minimum Gasteiger partial charge on any atom is -0.455 e. The van der Waals surface area contributed by atoms with Crippen LogP contribution >= 0.6 is 0 Å². The fourth-order valence-corrected chi connectivity index (χ4v) is 3.26. The number of benzene rings is 2. The first-order chi connectivity index (χ1) is 13.4. The Morgan fingerprint density at radius 2 is 1.82 bits per heavy atom. The van der Waals surface area contributed by atoms with Gasteiger partial charge in [0.2, 0.25) is 5.91 Å². The van der Waals surface area contributed by atoms with Gasteiger partial charge in [-0.2, -0.15) is 0 Å². The van der Waals surface area contributed by atoms with Crippen LogP contribution in [-0.2, 0) is 19.1 Å². The topological polar surface area (TPSA) is 75.7 Å². The third-order valence-electron chi connectivity index (χ3n) is 4.92. The molecular formula is C22H24N2O4. The molecule has 1 fully saturated rings. The van der Waals surface area contributed by atoms with Crippen molar-refractivity contribution in [1.29, 1.82) is 0 Å². The monoisotopic (exact) mass is 380 g/mol. The maximum Gasteiger partial charge on any atom is 0.311 e. The molecule has 0 saturated carbocycles. The summed E-state index contributed by atoms with van der Waals surface area (Å²) in [5.74, 6) is -1.56. The van der Waals surface area contributed by atoms with E-state index in [0.717, 1.165) is 11.1 Å². The van der Waals surface area contributed by atoms with Gasteiger partial charge in [0, 0.05) is 18.7 Å². The molecule has 2 amide bonds. The van der Waals surface area contributed by atoms with Crippen molar-refractivity contribution in [2.75, 3.05) is 18.5 Å². The number of ether oxygens (including phenoxy) is 1. The number of carbonyl (C=O) groups excluding carboxylic acids is 3. The summed E-state index contributed by atoms with van der Waals surface area (Å²) in [7, 11) is 0. The van der Waals surface area contributed by atoms with E-state index < -0.39 is 17.8 Å². The summed E-state index contributed by atoms with van der Waals surface area (Å²) in [5, 5.41) is 2.68. The molecule has 2 aromatic carbocycles. The van der Waals surface area contributed by atoms with Crippen LogP contribution in [-0.4, -0.2) is 35.8 Å². The van der Waals surface area contributed by atoms with Gasteiger partial charge in [-0.05, 0) is 31.5 Å². The Bertz CT molecular complexity index is 849. The highest BCUT2D eigenvalue weighted by molar-refractivity contribution is 5.93. The van der Waals surface area contributed by atoms with Crippen molar-refractivity contribution in [2.24, 2.45) is 5.92 Å². The predicted octanol–water partition coefficient (Wildman–Crippen LogP) is 3.09. The number of nitrogens with zero attached hydrogens (tertiary/aromatic N) is 1. The Kier molecular flexibility index (Phi) is 6.09. The molecule has 0 bridgehead atoms. The quantitative estimate of drug-likeness (QED) is 0.782. The highest BCUT2D eigenvalue weighted by Gasteiger charge is 2.38. The first-order valence-corrected chi connectivity index (χ1v) is 9.31. The molecule has 1 saturated heterocycles. The summed E-state index contributed by atoms with van der Waals surface area (Å²) in [5.41, 5.74) is 2.75. The van der Waals surface area contributed by atoms with Crippen molar-refractivity contribution in [3.05, 3.63) is 65.7 Å². The maximum absolute atomic E-state index is 12.3. The molecule has 6 heteroatoms. The van der Waals surface area contributed by atoms with Gasteiger partial charge in [-0.1, -0.05) is 48.0 Å². The zero-order chi connectivity index (χ0) is 20.1. The Hall–Kier alpha value is -3.15. The summed E-state index contributed by atoms with van der Waals surface area (Å²) in [6.07, 6.45) is 0.107. The molecule has 3 rings (SSSR count). The van der Waals surface area contributed by atoms with Crippen molar-refractivity contribution in [3.63, 3.8) is 0 Å². The lowest BCUT2D eigenvalue weighted by Crippen LogP contribution is -2.30. The second-order valence-electron chi connectivity index (χ2n) is 7.06. The number of anilines is 1. The number of rotatable bonds is 6. The first-order valence-electron chi connectivity index (χ1n) is 9.31. The second-order valence-corrected chi connectivity index (χ2v) is 7.06. The van der Waals surface area contributed by atoms with E-state index in [2.05, 4.69) is 5.32 Å². The number of amides is 2. The summed E-state index contributed by atoms with van der Waals surface area (Å²) in [6, 6.07) is 16.9. The SMILES string of the molecule is Cc1ccc(NC(=O)COC(=O)[C@H]2CC(=O)N([C@@H](C)c3ccccc3)C2)cc1. The number of hydrogen-bond acceptors (Lipinski definition) is 4. The predicted molar refractivity (Wildman–Crippen MR) is 105 cm³/mol. The number of carbonyl (C=O) groups is 3. The molecule has 0 spiro atoms. The van der Waals surface area contributed by atoms with E-state index in [1.165, 1.54) is 0 Å². The van der Waals surface area contributed by atoms with Crippen LogP contribution in [0, 0.1) is 12.8 Å². The highest BCUT2D eigenvalue weighted by atomic mass is 16.5. The Morgan fingerprint density at radius 1 is 1.14 bits per heavy atom. The van der Waals surface area contributed by atoms with Crippen molar-refractivity contribution in [2.45, 2.75) is 26.3 Å². The molecule has 0 aromatic heterocycles. The minimum atomic E-state index is -0.550. The Labute approximate surface area is 164 Å². The van der Waals surface area contributed by atoms with Gasteiger partial charge in [0.1, 0.15) is 0 Å². The molecule has 146 valence electrons. The van der Waals surface area contributed by atoms with Crippen molar-refractivity contribution >= 4 is 23.5 Å². The molecule has 0 radical (unpaired) electrons. The highest BCUT2D eigenvalue weighted by Crippen LogP contribution is 2.28. The van der Waals surface area contributed by atoms with Crippen molar-refractivity contribution in [3.8, 4) is 0 Å². The number of hydrogen-bond donors (Lipinski definition) is 1. The lowest BCUT2D eigenvalue weighted by molar-refractivity contribution is -0.151. The molecule has 0 unspecified atom stereocenters. The van der Waals surface area contributed by atoms with Crippen LogP contribution in [0.4, 0.5) is 5.69 Å². The maximum atomic E-state index is 12.3. The summed E-state index contributed by atoms with van der Waals surface area (Å²) in [4.78, 5) is 38.3. The standard InChI is InChI=1S/C22H24N2O4/c1-15-8-10-19(11-9-15)23-20(25)14-28-22(27)18-12-21(26)24(13-18)16(2)17-6-4-3-5-7-17/h3-11,16,18H,12-14H2,1-2H3,(H,23,25)/t16-,18-/m0/s1.